The van der Waals surface area contributed by atoms with Crippen molar-refractivity contribution in [2.24, 2.45) is 5.92 Å². The molecule has 9 heteroatoms. The van der Waals surface area contributed by atoms with Crippen molar-refractivity contribution in [2.75, 3.05) is 25.1 Å². The van der Waals surface area contributed by atoms with Gasteiger partial charge in [-0.15, -0.1) is 0 Å². The molecule has 1 saturated carbocycles. The van der Waals surface area contributed by atoms with E-state index in [2.05, 4.69) is 10.6 Å². The second-order valence-electron chi connectivity index (χ2n) is 8.15. The van der Waals surface area contributed by atoms with Crippen molar-refractivity contribution in [2.45, 2.75) is 51.5 Å². The third-order valence-corrected chi connectivity index (χ3v) is 6.52. The minimum Gasteiger partial charge on any atom is -0.324 e. The number of urea groups is 1. The Bertz CT molecular complexity index is 834. The van der Waals surface area contributed by atoms with E-state index < -0.39 is 5.54 Å². The Labute approximate surface area is 187 Å². The van der Waals surface area contributed by atoms with Crippen LogP contribution >= 0.6 is 23.2 Å². The zero-order valence-corrected chi connectivity index (χ0v) is 18.9. The van der Waals surface area contributed by atoms with Crippen molar-refractivity contribution in [3.8, 4) is 0 Å². The Morgan fingerprint density at radius 1 is 1.33 bits per heavy atom. The first-order chi connectivity index (χ1) is 14.3. The van der Waals surface area contributed by atoms with Gasteiger partial charge in [0.25, 0.3) is 5.91 Å². The Kier molecular flexibility index (Phi) is 7.26. The second kappa shape index (κ2) is 9.54. The van der Waals surface area contributed by atoms with Crippen LogP contribution in [-0.4, -0.2) is 52.9 Å². The van der Waals surface area contributed by atoms with Crippen LogP contribution in [0.25, 0.3) is 0 Å². The SMILES string of the molecule is CCCN(CC(=O)Nc1cc(Cl)ccc1Cl)CN1C(=O)NC2(CCCCC2C)C1=O. The Morgan fingerprint density at radius 3 is 2.80 bits per heavy atom. The summed E-state index contributed by atoms with van der Waals surface area (Å²) in [4.78, 5) is 41.4. The van der Waals surface area contributed by atoms with Gasteiger partial charge < -0.3 is 10.6 Å². The summed E-state index contributed by atoms with van der Waals surface area (Å²) in [5.41, 5.74) is -0.375. The molecule has 4 amide bonds. The molecule has 0 bridgehead atoms. The average molecular weight is 455 g/mol. The Hall–Kier alpha value is -1.83. The lowest BCUT2D eigenvalue weighted by molar-refractivity contribution is -0.136. The molecule has 164 valence electrons. The molecule has 1 aliphatic carbocycles. The number of nitrogens with one attached hydrogen (secondary N) is 2. The maximum Gasteiger partial charge on any atom is 0.326 e. The van der Waals surface area contributed by atoms with Crippen molar-refractivity contribution in [3.63, 3.8) is 0 Å². The van der Waals surface area contributed by atoms with Crippen LogP contribution in [0.3, 0.4) is 0 Å². The molecule has 1 aliphatic heterocycles. The lowest BCUT2D eigenvalue weighted by Gasteiger charge is -2.37. The van der Waals surface area contributed by atoms with Gasteiger partial charge in [-0.1, -0.05) is 49.9 Å². The maximum atomic E-state index is 13.2. The summed E-state index contributed by atoms with van der Waals surface area (Å²) < 4.78 is 0. The molecule has 1 aromatic rings. The number of benzene rings is 1. The molecule has 2 aliphatic rings. The summed E-state index contributed by atoms with van der Waals surface area (Å²) >= 11 is 12.1. The molecule has 2 atom stereocenters. The molecule has 3 rings (SSSR count). The summed E-state index contributed by atoms with van der Waals surface area (Å²) in [6.45, 7) is 4.67. The van der Waals surface area contributed by atoms with Gasteiger partial charge in [-0.3, -0.25) is 14.5 Å². The summed E-state index contributed by atoms with van der Waals surface area (Å²) in [7, 11) is 0. The average Bonchev–Trinajstić information content (AvgIpc) is 2.92. The molecular formula is C21H28Cl2N4O3. The Morgan fingerprint density at radius 2 is 2.10 bits per heavy atom. The van der Waals surface area contributed by atoms with Gasteiger partial charge in [0.05, 0.1) is 23.9 Å². The summed E-state index contributed by atoms with van der Waals surface area (Å²) in [6, 6.07) is 4.45. The smallest absolute Gasteiger partial charge is 0.324 e. The number of rotatable bonds is 7. The van der Waals surface area contributed by atoms with Gasteiger partial charge in [0, 0.05) is 11.6 Å². The number of carbonyl (C=O) groups excluding carboxylic acids is 3. The van der Waals surface area contributed by atoms with Gasteiger partial charge in [0.1, 0.15) is 5.54 Å². The second-order valence-corrected chi connectivity index (χ2v) is 8.99. The highest BCUT2D eigenvalue weighted by Gasteiger charge is 2.55. The number of imide groups is 1. The van der Waals surface area contributed by atoms with E-state index in [9.17, 15) is 14.4 Å². The van der Waals surface area contributed by atoms with Gasteiger partial charge in [0.15, 0.2) is 0 Å². The molecule has 1 spiro atoms. The third-order valence-electron chi connectivity index (χ3n) is 5.95. The van der Waals surface area contributed by atoms with Gasteiger partial charge in [-0.05, 0) is 43.4 Å². The van der Waals surface area contributed by atoms with E-state index in [1.54, 1.807) is 23.1 Å². The van der Waals surface area contributed by atoms with E-state index >= 15 is 0 Å². The van der Waals surface area contributed by atoms with Gasteiger partial charge in [0.2, 0.25) is 5.91 Å². The molecule has 30 heavy (non-hydrogen) atoms. The Balaban J connectivity index is 1.68. The number of hydrogen-bond acceptors (Lipinski definition) is 4. The van der Waals surface area contributed by atoms with E-state index in [0.29, 0.717) is 28.7 Å². The molecule has 1 heterocycles. The van der Waals surface area contributed by atoms with E-state index in [0.717, 1.165) is 25.7 Å². The normalized spacial score (nSPS) is 23.9. The van der Waals surface area contributed by atoms with E-state index in [-0.39, 0.29) is 37.0 Å². The number of nitrogens with zero attached hydrogens (tertiary/aromatic N) is 2. The van der Waals surface area contributed by atoms with Crippen LogP contribution in [0.2, 0.25) is 10.0 Å². The van der Waals surface area contributed by atoms with Crippen LogP contribution in [0.5, 0.6) is 0 Å². The van der Waals surface area contributed by atoms with Crippen LogP contribution in [0.15, 0.2) is 18.2 Å². The molecule has 0 aromatic heterocycles. The molecule has 0 radical (unpaired) electrons. The minimum atomic E-state index is -0.802. The number of halogens is 2. The predicted molar refractivity (Wildman–Crippen MR) is 118 cm³/mol. The predicted octanol–water partition coefficient (Wildman–Crippen LogP) is 4.10. The van der Waals surface area contributed by atoms with Crippen molar-refractivity contribution >= 4 is 46.7 Å². The standard InChI is InChI=1S/C21H28Cl2N4O3/c1-3-10-26(12-18(28)24-17-11-15(22)7-8-16(17)23)13-27-19(29)21(25-20(27)30)9-5-4-6-14(21)2/h7-8,11,14H,3-6,9-10,12-13H2,1-2H3,(H,24,28)(H,25,30). The maximum absolute atomic E-state index is 13.2. The summed E-state index contributed by atoms with van der Waals surface area (Å²) in [5.74, 6) is -0.375. The van der Waals surface area contributed by atoms with E-state index in [4.69, 9.17) is 23.2 Å². The van der Waals surface area contributed by atoms with Crippen LogP contribution < -0.4 is 10.6 Å². The van der Waals surface area contributed by atoms with Crippen molar-refractivity contribution in [1.82, 2.24) is 15.1 Å². The topological polar surface area (TPSA) is 81.8 Å². The first kappa shape index (κ1) is 22.8. The fourth-order valence-electron chi connectivity index (χ4n) is 4.33. The molecule has 1 aromatic carbocycles. The quantitative estimate of drug-likeness (QED) is 0.607. The minimum absolute atomic E-state index is 0.0241. The van der Waals surface area contributed by atoms with Crippen LogP contribution in [0.1, 0.15) is 46.0 Å². The fraction of sp³-hybridized carbons (Fsp3) is 0.571. The molecule has 2 unspecified atom stereocenters. The highest BCUT2D eigenvalue weighted by Crippen LogP contribution is 2.38. The van der Waals surface area contributed by atoms with Crippen molar-refractivity contribution in [3.05, 3.63) is 28.2 Å². The largest absolute Gasteiger partial charge is 0.326 e. The molecular weight excluding hydrogens is 427 g/mol. The van der Waals surface area contributed by atoms with Gasteiger partial charge in [-0.25, -0.2) is 9.69 Å². The van der Waals surface area contributed by atoms with Gasteiger partial charge in [-0.2, -0.15) is 0 Å². The number of amides is 4. The highest BCUT2D eigenvalue weighted by atomic mass is 35.5. The van der Waals surface area contributed by atoms with E-state index in [1.165, 1.54) is 4.90 Å². The monoisotopic (exact) mass is 454 g/mol. The molecule has 2 fully saturated rings. The van der Waals surface area contributed by atoms with Gasteiger partial charge >= 0.3 is 6.03 Å². The van der Waals surface area contributed by atoms with Crippen molar-refractivity contribution in [1.29, 1.82) is 0 Å². The van der Waals surface area contributed by atoms with Crippen LogP contribution in [0.4, 0.5) is 10.5 Å². The highest BCUT2D eigenvalue weighted by molar-refractivity contribution is 6.35. The summed E-state index contributed by atoms with van der Waals surface area (Å²) in [5, 5.41) is 6.55. The number of hydrogen-bond donors (Lipinski definition) is 2. The molecule has 1 saturated heterocycles. The zero-order valence-electron chi connectivity index (χ0n) is 17.3. The third kappa shape index (κ3) is 4.74. The lowest BCUT2D eigenvalue weighted by Crippen LogP contribution is -2.54. The van der Waals surface area contributed by atoms with Crippen LogP contribution in [-0.2, 0) is 9.59 Å². The molecule has 2 N–H and O–H groups in total. The molecule has 7 nitrogen and oxygen atoms in total. The zero-order chi connectivity index (χ0) is 21.9. The fourth-order valence-corrected chi connectivity index (χ4v) is 4.66. The summed E-state index contributed by atoms with van der Waals surface area (Å²) in [6.07, 6.45) is 4.35. The number of carbonyl (C=O) groups is 3. The lowest BCUT2D eigenvalue weighted by atomic mass is 9.73. The first-order valence-electron chi connectivity index (χ1n) is 10.4. The van der Waals surface area contributed by atoms with E-state index in [1.807, 2.05) is 13.8 Å². The first-order valence-corrected chi connectivity index (χ1v) is 11.1. The van der Waals surface area contributed by atoms with Crippen LogP contribution in [0, 0.1) is 5.92 Å². The number of anilines is 1. The van der Waals surface area contributed by atoms with Crippen molar-refractivity contribution < 1.29 is 14.4 Å².